The van der Waals surface area contributed by atoms with Crippen LogP contribution in [-0.2, 0) is 4.74 Å². The van der Waals surface area contributed by atoms with Crippen LogP contribution in [0.15, 0.2) is 21.9 Å². The number of rotatable bonds is 2. The van der Waals surface area contributed by atoms with Gasteiger partial charge < -0.3 is 20.1 Å². The Bertz CT molecular complexity index is 509. The number of aliphatic hydroxyl groups is 3. The molecular formula is C9H11N2O6. The van der Waals surface area contributed by atoms with Crippen LogP contribution in [0.5, 0.6) is 0 Å². The molecule has 1 radical (unpaired) electrons. The Morgan fingerprint density at radius 2 is 2.12 bits per heavy atom. The first-order chi connectivity index (χ1) is 8.04. The fraction of sp³-hybridized carbons (Fsp3) is 0.444. The van der Waals surface area contributed by atoms with Crippen molar-refractivity contribution in [3.63, 3.8) is 0 Å². The Labute approximate surface area is 94.7 Å². The molecule has 0 bridgehead atoms. The van der Waals surface area contributed by atoms with Gasteiger partial charge >= 0.3 is 5.69 Å². The van der Waals surface area contributed by atoms with Crippen LogP contribution >= 0.6 is 0 Å². The van der Waals surface area contributed by atoms with Crippen molar-refractivity contribution in [2.75, 3.05) is 6.61 Å². The first-order valence-electron chi connectivity index (χ1n) is 4.87. The van der Waals surface area contributed by atoms with Gasteiger partial charge in [0.2, 0.25) is 6.23 Å². The molecule has 1 saturated heterocycles. The lowest BCUT2D eigenvalue weighted by Gasteiger charge is -2.14. The lowest BCUT2D eigenvalue weighted by molar-refractivity contribution is -0.00686. The third-order valence-corrected chi connectivity index (χ3v) is 2.47. The third kappa shape index (κ3) is 2.03. The molecule has 1 aliphatic heterocycles. The molecule has 0 spiro atoms. The number of hydrogen-bond acceptors (Lipinski definition) is 6. The van der Waals surface area contributed by atoms with Crippen molar-refractivity contribution < 1.29 is 20.1 Å². The number of hydrogen-bond donors (Lipinski definition) is 4. The maximum atomic E-state index is 11.4. The number of aliphatic hydroxyl groups excluding tert-OH is 3. The molecule has 8 nitrogen and oxygen atoms in total. The van der Waals surface area contributed by atoms with Gasteiger partial charge in [0.25, 0.3) is 5.56 Å². The van der Waals surface area contributed by atoms with Crippen molar-refractivity contribution in [1.29, 1.82) is 0 Å². The van der Waals surface area contributed by atoms with Crippen LogP contribution in [0.2, 0.25) is 0 Å². The smallest absolute Gasteiger partial charge is 0.330 e. The quantitative estimate of drug-likeness (QED) is 0.438. The summed E-state index contributed by atoms with van der Waals surface area (Å²) in [5.41, 5.74) is -1.38. The largest absolute Gasteiger partial charge is 0.394 e. The zero-order chi connectivity index (χ0) is 12.6. The van der Waals surface area contributed by atoms with Crippen molar-refractivity contribution in [2.24, 2.45) is 0 Å². The molecule has 1 aliphatic rings. The van der Waals surface area contributed by atoms with Crippen LogP contribution in [0.4, 0.5) is 0 Å². The van der Waals surface area contributed by atoms with Gasteiger partial charge in [0.1, 0.15) is 18.3 Å². The highest BCUT2D eigenvalue weighted by Crippen LogP contribution is 2.26. The van der Waals surface area contributed by atoms with Crippen molar-refractivity contribution >= 4 is 0 Å². The van der Waals surface area contributed by atoms with E-state index in [1.54, 1.807) is 0 Å². The van der Waals surface area contributed by atoms with Gasteiger partial charge in [0.05, 0.1) is 6.61 Å². The second kappa shape index (κ2) is 4.41. The first-order valence-corrected chi connectivity index (χ1v) is 4.87. The van der Waals surface area contributed by atoms with Gasteiger partial charge in [-0.1, -0.05) is 0 Å². The van der Waals surface area contributed by atoms with E-state index < -0.39 is 36.2 Å². The highest BCUT2D eigenvalue weighted by Gasteiger charge is 2.45. The molecule has 1 fully saturated rings. The summed E-state index contributed by atoms with van der Waals surface area (Å²) < 4.78 is 5.92. The normalized spacial score (nSPS) is 29.7. The van der Waals surface area contributed by atoms with Gasteiger partial charge in [-0.3, -0.25) is 14.3 Å². The van der Waals surface area contributed by atoms with E-state index in [1.807, 2.05) is 4.98 Å². The topological polar surface area (TPSA) is 125 Å². The summed E-state index contributed by atoms with van der Waals surface area (Å²) >= 11 is 0. The molecule has 0 saturated carbocycles. The summed E-state index contributed by atoms with van der Waals surface area (Å²) in [5.74, 6) is 0. The van der Waals surface area contributed by atoms with E-state index in [0.717, 1.165) is 16.8 Å². The van der Waals surface area contributed by atoms with E-state index in [2.05, 4.69) is 0 Å². The molecule has 3 atom stereocenters. The van der Waals surface area contributed by atoms with E-state index in [4.69, 9.17) is 9.84 Å². The third-order valence-electron chi connectivity index (χ3n) is 2.47. The van der Waals surface area contributed by atoms with Crippen LogP contribution in [-0.4, -0.2) is 49.8 Å². The number of aromatic amines is 1. The fourth-order valence-corrected chi connectivity index (χ4v) is 1.58. The predicted octanol–water partition coefficient (Wildman–Crippen LogP) is -3.01. The molecule has 1 aromatic heterocycles. The average Bonchev–Trinajstić information content (AvgIpc) is 2.57. The second-order valence-corrected chi connectivity index (χ2v) is 3.59. The molecule has 0 aliphatic carbocycles. The zero-order valence-corrected chi connectivity index (χ0v) is 8.61. The maximum Gasteiger partial charge on any atom is 0.330 e. The molecule has 4 N–H and O–H groups in total. The van der Waals surface area contributed by atoms with Crippen molar-refractivity contribution in [3.05, 3.63) is 39.3 Å². The molecule has 2 heterocycles. The first kappa shape index (κ1) is 12.0. The highest BCUT2D eigenvalue weighted by atomic mass is 16.6. The van der Waals surface area contributed by atoms with Gasteiger partial charge in [-0.2, -0.15) is 0 Å². The van der Waals surface area contributed by atoms with Crippen LogP contribution in [0.1, 0.15) is 0 Å². The Balaban J connectivity index is 2.35. The minimum Gasteiger partial charge on any atom is -0.394 e. The van der Waals surface area contributed by atoms with Crippen molar-refractivity contribution in [3.8, 4) is 0 Å². The summed E-state index contributed by atoms with van der Waals surface area (Å²) in [4.78, 5) is 24.3. The molecule has 0 amide bonds. The van der Waals surface area contributed by atoms with Crippen molar-refractivity contribution in [1.82, 2.24) is 9.55 Å². The molecular weight excluding hydrogens is 232 g/mol. The predicted molar refractivity (Wildman–Crippen MR) is 53.9 cm³/mol. The van der Waals surface area contributed by atoms with E-state index in [1.165, 1.54) is 0 Å². The Morgan fingerprint density at radius 3 is 2.65 bits per heavy atom. The minimum atomic E-state index is -1.43. The van der Waals surface area contributed by atoms with E-state index >= 15 is 0 Å². The van der Waals surface area contributed by atoms with Gasteiger partial charge in [-0.15, -0.1) is 0 Å². The molecule has 2 unspecified atom stereocenters. The van der Waals surface area contributed by atoms with Gasteiger partial charge in [-0.05, 0) is 0 Å². The molecule has 0 aromatic carbocycles. The van der Waals surface area contributed by atoms with Crippen LogP contribution in [0, 0.1) is 6.23 Å². The molecule has 2 rings (SSSR count). The number of ether oxygens (including phenoxy) is 1. The second-order valence-electron chi connectivity index (χ2n) is 3.59. The number of nitrogens with zero attached hydrogens (tertiary/aromatic N) is 1. The monoisotopic (exact) mass is 243 g/mol. The zero-order valence-electron chi connectivity index (χ0n) is 8.61. The molecule has 1 aromatic rings. The lowest BCUT2D eigenvalue weighted by atomic mass is 10.1. The summed E-state index contributed by atoms with van der Waals surface area (Å²) in [6.07, 6.45) is -2.87. The number of nitrogens with one attached hydrogen (secondary N) is 1. The molecule has 8 heteroatoms. The fourth-order valence-electron chi connectivity index (χ4n) is 1.58. The van der Waals surface area contributed by atoms with Gasteiger partial charge in [0.15, 0.2) is 0 Å². The van der Waals surface area contributed by atoms with Crippen LogP contribution in [0.25, 0.3) is 0 Å². The summed E-state index contributed by atoms with van der Waals surface area (Å²) in [7, 11) is 0. The van der Waals surface area contributed by atoms with E-state index in [0.29, 0.717) is 0 Å². The summed E-state index contributed by atoms with van der Waals surface area (Å²) in [6, 6.07) is 1.07. The van der Waals surface area contributed by atoms with Crippen molar-refractivity contribution in [2.45, 2.75) is 18.3 Å². The number of aromatic nitrogens is 2. The van der Waals surface area contributed by atoms with Gasteiger partial charge in [0, 0.05) is 12.3 Å². The molecule has 17 heavy (non-hydrogen) atoms. The maximum absolute atomic E-state index is 11.4. The Hall–Kier alpha value is -1.48. The summed E-state index contributed by atoms with van der Waals surface area (Å²) in [6.45, 7) is -0.500. The lowest BCUT2D eigenvalue weighted by Crippen LogP contribution is -2.38. The van der Waals surface area contributed by atoms with Crippen LogP contribution < -0.4 is 11.2 Å². The average molecular weight is 243 g/mol. The van der Waals surface area contributed by atoms with E-state index in [-0.39, 0.29) is 6.23 Å². The van der Waals surface area contributed by atoms with E-state index in [9.17, 15) is 19.8 Å². The SMILES string of the molecule is O=c1ccn([C]2O[C@@H](CO)C(O)C2O)c(=O)[nH]1. The summed E-state index contributed by atoms with van der Waals surface area (Å²) in [5, 5.41) is 28.0. The molecule has 93 valence electrons. The van der Waals surface area contributed by atoms with Gasteiger partial charge in [-0.25, -0.2) is 4.79 Å². The standard InChI is InChI=1S/C9H11N2O6/c12-3-4-6(14)7(15)8(17-4)11-2-1-5(13)10-9(11)16/h1-2,4,6-7,12,14-15H,3H2,(H,10,13,16)/t4-,6?,7?/m0/s1. The minimum absolute atomic E-state index is 0.224. The van der Waals surface area contributed by atoms with Crippen LogP contribution in [0.3, 0.4) is 0 Å². The Kier molecular flexibility index (Phi) is 3.11. The highest BCUT2D eigenvalue weighted by molar-refractivity contribution is 5.05. The number of H-pyrrole nitrogens is 1. The Morgan fingerprint density at radius 1 is 1.41 bits per heavy atom.